The van der Waals surface area contributed by atoms with Gasteiger partial charge in [-0.1, -0.05) is 61.2 Å². The lowest BCUT2D eigenvalue weighted by atomic mass is 10.0. The van der Waals surface area contributed by atoms with Crippen molar-refractivity contribution in [1.82, 2.24) is 14.9 Å². The Bertz CT molecular complexity index is 1020. The van der Waals surface area contributed by atoms with Crippen LogP contribution in [0.15, 0.2) is 53.7 Å². The van der Waals surface area contributed by atoms with Gasteiger partial charge >= 0.3 is 0 Å². The van der Waals surface area contributed by atoms with Gasteiger partial charge in [0, 0.05) is 12.1 Å². The fraction of sp³-hybridized carbons (Fsp3) is 0.318. The Morgan fingerprint density at radius 2 is 1.97 bits per heavy atom. The van der Waals surface area contributed by atoms with Gasteiger partial charge < -0.3 is 10.7 Å². The normalized spacial score (nSPS) is 18.0. The molecule has 0 bridgehead atoms. The standard InChI is InChI=1S/C22H25N5OS/c1-4-8-18-24-25-22-27(18)26-19(16-9-6-5-7-10-16)20(29-22)21(28)23-17-13-14(2)11-12-15(17)3/h5-7,9-13,19-20,26H,4,8H2,1-3H3,(H,23,28)/t19-,20-/m1/s1. The molecule has 0 spiro atoms. The first-order chi connectivity index (χ1) is 14.1. The van der Waals surface area contributed by atoms with E-state index in [-0.39, 0.29) is 17.2 Å². The number of hydrogen-bond acceptors (Lipinski definition) is 5. The molecule has 0 unspecified atom stereocenters. The number of thioether (sulfide) groups is 1. The largest absolute Gasteiger partial charge is 0.325 e. The van der Waals surface area contributed by atoms with Crippen molar-refractivity contribution in [3.8, 4) is 0 Å². The van der Waals surface area contributed by atoms with Gasteiger partial charge in [0.25, 0.3) is 0 Å². The summed E-state index contributed by atoms with van der Waals surface area (Å²) >= 11 is 1.46. The fourth-order valence-corrected chi connectivity index (χ4v) is 4.57. The Hall–Kier alpha value is -2.80. The molecular weight excluding hydrogens is 382 g/mol. The van der Waals surface area contributed by atoms with E-state index in [0.717, 1.165) is 46.2 Å². The number of rotatable bonds is 5. The minimum atomic E-state index is -0.372. The molecule has 1 aliphatic heterocycles. The van der Waals surface area contributed by atoms with Crippen LogP contribution in [0.2, 0.25) is 0 Å². The maximum Gasteiger partial charge on any atom is 0.240 e. The smallest absolute Gasteiger partial charge is 0.240 e. The highest BCUT2D eigenvalue weighted by atomic mass is 32.2. The van der Waals surface area contributed by atoms with Crippen molar-refractivity contribution in [2.75, 3.05) is 10.7 Å². The number of nitrogens with one attached hydrogen (secondary N) is 2. The summed E-state index contributed by atoms with van der Waals surface area (Å²) in [4.78, 5) is 13.3. The summed E-state index contributed by atoms with van der Waals surface area (Å²) in [6.45, 7) is 6.15. The fourth-order valence-electron chi connectivity index (χ4n) is 3.47. The minimum Gasteiger partial charge on any atom is -0.325 e. The molecule has 2 aromatic carbocycles. The summed E-state index contributed by atoms with van der Waals surface area (Å²) in [6, 6.07) is 16.0. The molecule has 2 heterocycles. The number of carbonyl (C=O) groups is 1. The Labute approximate surface area is 175 Å². The average molecular weight is 408 g/mol. The quantitative estimate of drug-likeness (QED) is 0.662. The third kappa shape index (κ3) is 4.00. The number of nitrogens with zero attached hydrogens (tertiary/aromatic N) is 3. The van der Waals surface area contributed by atoms with Crippen LogP contribution in [-0.4, -0.2) is 26.0 Å². The molecule has 2 N–H and O–H groups in total. The average Bonchev–Trinajstić information content (AvgIpc) is 3.12. The molecule has 0 radical (unpaired) electrons. The predicted octanol–water partition coefficient (Wildman–Crippen LogP) is 4.25. The third-order valence-corrected chi connectivity index (χ3v) is 6.26. The first-order valence-electron chi connectivity index (χ1n) is 9.87. The summed E-state index contributed by atoms with van der Waals surface area (Å²) in [7, 11) is 0. The van der Waals surface area contributed by atoms with Crippen molar-refractivity contribution >= 4 is 23.4 Å². The van der Waals surface area contributed by atoms with Gasteiger partial charge in [-0.2, -0.15) is 0 Å². The van der Waals surface area contributed by atoms with E-state index in [0.29, 0.717) is 0 Å². The predicted molar refractivity (Wildman–Crippen MR) is 117 cm³/mol. The lowest BCUT2D eigenvalue weighted by Crippen LogP contribution is -2.41. The lowest BCUT2D eigenvalue weighted by molar-refractivity contribution is -0.116. The van der Waals surface area contributed by atoms with Crippen molar-refractivity contribution < 1.29 is 4.79 Å². The zero-order valence-corrected chi connectivity index (χ0v) is 17.7. The summed E-state index contributed by atoms with van der Waals surface area (Å²) in [5.74, 6) is 0.848. The van der Waals surface area contributed by atoms with Crippen molar-refractivity contribution in [2.45, 2.75) is 50.1 Å². The topological polar surface area (TPSA) is 71.8 Å². The second-order valence-corrected chi connectivity index (χ2v) is 8.46. The van der Waals surface area contributed by atoms with Crippen LogP contribution in [-0.2, 0) is 11.2 Å². The van der Waals surface area contributed by atoms with Gasteiger partial charge in [0.1, 0.15) is 5.25 Å². The summed E-state index contributed by atoms with van der Waals surface area (Å²) in [5.41, 5.74) is 7.56. The van der Waals surface area contributed by atoms with Crippen molar-refractivity contribution in [2.24, 2.45) is 0 Å². The molecule has 3 aromatic rings. The van der Waals surface area contributed by atoms with E-state index in [2.05, 4.69) is 27.9 Å². The molecule has 1 amide bonds. The zero-order valence-electron chi connectivity index (χ0n) is 16.8. The van der Waals surface area contributed by atoms with Gasteiger partial charge in [-0.05, 0) is 43.0 Å². The van der Waals surface area contributed by atoms with Crippen molar-refractivity contribution in [3.63, 3.8) is 0 Å². The minimum absolute atomic E-state index is 0.0451. The second-order valence-electron chi connectivity index (χ2n) is 7.35. The lowest BCUT2D eigenvalue weighted by Gasteiger charge is -2.33. The second kappa shape index (κ2) is 8.29. The van der Waals surface area contributed by atoms with Crippen molar-refractivity contribution in [3.05, 3.63) is 71.0 Å². The van der Waals surface area contributed by atoms with E-state index in [9.17, 15) is 4.79 Å². The number of benzene rings is 2. The van der Waals surface area contributed by atoms with Crippen molar-refractivity contribution in [1.29, 1.82) is 0 Å². The number of aromatic nitrogens is 3. The summed E-state index contributed by atoms with van der Waals surface area (Å²) < 4.78 is 1.94. The molecule has 1 aromatic heterocycles. The number of hydrogen-bond donors (Lipinski definition) is 2. The van der Waals surface area contributed by atoms with E-state index < -0.39 is 0 Å². The van der Waals surface area contributed by atoms with Crippen LogP contribution >= 0.6 is 11.8 Å². The van der Waals surface area contributed by atoms with Gasteiger partial charge in [-0.25, -0.2) is 4.68 Å². The highest BCUT2D eigenvalue weighted by Gasteiger charge is 2.37. The first-order valence-corrected chi connectivity index (χ1v) is 10.8. The van der Waals surface area contributed by atoms with Crippen LogP contribution < -0.4 is 10.7 Å². The Morgan fingerprint density at radius 1 is 1.17 bits per heavy atom. The van der Waals surface area contributed by atoms with Gasteiger partial charge in [0.15, 0.2) is 5.82 Å². The van der Waals surface area contributed by atoms with E-state index in [4.69, 9.17) is 0 Å². The molecule has 29 heavy (non-hydrogen) atoms. The molecule has 150 valence electrons. The van der Waals surface area contributed by atoms with Crippen LogP contribution in [0, 0.1) is 13.8 Å². The van der Waals surface area contributed by atoms with E-state index in [1.807, 2.05) is 67.1 Å². The highest BCUT2D eigenvalue weighted by Crippen LogP contribution is 2.37. The number of amides is 1. The maximum absolute atomic E-state index is 13.3. The maximum atomic E-state index is 13.3. The first kappa shape index (κ1) is 19.5. The van der Waals surface area contributed by atoms with Crippen LogP contribution in [0.1, 0.15) is 41.9 Å². The molecule has 2 atom stereocenters. The monoisotopic (exact) mass is 407 g/mol. The summed E-state index contributed by atoms with van der Waals surface area (Å²) in [6.07, 6.45) is 1.82. The Morgan fingerprint density at radius 3 is 2.72 bits per heavy atom. The van der Waals surface area contributed by atoms with E-state index in [1.165, 1.54) is 11.8 Å². The van der Waals surface area contributed by atoms with Gasteiger partial charge in [-0.15, -0.1) is 10.2 Å². The number of fused-ring (bicyclic) bond motifs is 1. The zero-order chi connectivity index (χ0) is 20.4. The SMILES string of the molecule is CCCc1nnc2n1N[C@H](c1ccccc1)[C@H](C(=O)Nc1cc(C)ccc1C)S2. The molecule has 7 heteroatoms. The van der Waals surface area contributed by atoms with E-state index in [1.54, 1.807) is 0 Å². The molecule has 6 nitrogen and oxygen atoms in total. The molecule has 0 saturated heterocycles. The molecule has 1 aliphatic rings. The van der Waals surface area contributed by atoms with Gasteiger partial charge in [0.05, 0.1) is 6.04 Å². The molecule has 0 aliphatic carbocycles. The van der Waals surface area contributed by atoms with E-state index >= 15 is 0 Å². The van der Waals surface area contributed by atoms with Gasteiger partial charge in [-0.3, -0.25) is 4.79 Å². The number of anilines is 1. The molecule has 0 saturated carbocycles. The number of carbonyl (C=O) groups excluding carboxylic acids is 1. The highest BCUT2D eigenvalue weighted by molar-refractivity contribution is 8.00. The Balaban J connectivity index is 1.67. The molecule has 4 rings (SSSR count). The third-order valence-electron chi connectivity index (χ3n) is 5.05. The summed E-state index contributed by atoms with van der Waals surface area (Å²) in [5, 5.41) is 12.1. The van der Waals surface area contributed by atoms with Crippen LogP contribution in [0.3, 0.4) is 0 Å². The molecular formula is C22H25N5OS. The Kier molecular flexibility index (Phi) is 5.58. The molecule has 0 fully saturated rings. The van der Waals surface area contributed by atoms with Crippen LogP contribution in [0.5, 0.6) is 0 Å². The number of aryl methyl sites for hydroxylation is 3. The van der Waals surface area contributed by atoms with Gasteiger partial charge in [0.2, 0.25) is 11.1 Å². The van der Waals surface area contributed by atoms with Crippen LogP contribution in [0.25, 0.3) is 0 Å². The van der Waals surface area contributed by atoms with Crippen LogP contribution in [0.4, 0.5) is 5.69 Å².